The molecule has 0 saturated carbocycles. The molecule has 1 heterocycles. The molecule has 7 heteroatoms. The molecule has 1 unspecified atom stereocenters. The minimum absolute atomic E-state index is 0.131. The van der Waals surface area contributed by atoms with Crippen LogP contribution >= 0.6 is 0 Å². The fourth-order valence-electron chi connectivity index (χ4n) is 1.67. The van der Waals surface area contributed by atoms with Crippen molar-refractivity contribution < 1.29 is 19.2 Å². The average Bonchev–Trinajstić information content (AvgIpc) is 2.36. The highest BCUT2D eigenvalue weighted by molar-refractivity contribution is 6.27. The van der Waals surface area contributed by atoms with Gasteiger partial charge in [-0.1, -0.05) is 0 Å². The van der Waals surface area contributed by atoms with Gasteiger partial charge in [-0.2, -0.15) is 0 Å². The fraction of sp³-hybridized carbons (Fsp3) is 0.182. The van der Waals surface area contributed by atoms with E-state index >= 15 is 0 Å². The van der Waals surface area contributed by atoms with Crippen molar-refractivity contribution in [1.29, 1.82) is 0 Å². The summed E-state index contributed by atoms with van der Waals surface area (Å²) in [4.78, 5) is 36.1. The molecule has 2 rings (SSSR count). The lowest BCUT2D eigenvalue weighted by Gasteiger charge is -2.21. The van der Waals surface area contributed by atoms with Gasteiger partial charge < -0.3 is 4.74 Å². The summed E-state index contributed by atoms with van der Waals surface area (Å²) in [6.07, 6.45) is -1.03. The van der Waals surface area contributed by atoms with E-state index in [9.17, 15) is 19.7 Å². The van der Waals surface area contributed by atoms with E-state index in [1.165, 1.54) is 25.1 Å². The number of hydrogen-bond donors (Lipinski definition) is 0. The van der Waals surface area contributed by atoms with Crippen LogP contribution in [0.5, 0.6) is 0 Å². The molecular formula is C11H8N2O5. The third kappa shape index (κ3) is 1.97. The van der Waals surface area contributed by atoms with Crippen LogP contribution in [-0.2, 0) is 14.3 Å². The second-order valence-corrected chi connectivity index (χ2v) is 3.65. The van der Waals surface area contributed by atoms with Crippen molar-refractivity contribution in [3.8, 4) is 0 Å². The summed E-state index contributed by atoms with van der Waals surface area (Å²) in [5, 5.41) is 10.7. The Morgan fingerprint density at radius 1 is 1.56 bits per heavy atom. The maximum absolute atomic E-state index is 11.4. The minimum atomic E-state index is -1.16. The van der Waals surface area contributed by atoms with E-state index in [1.54, 1.807) is 0 Å². The van der Waals surface area contributed by atoms with Crippen LogP contribution in [0, 0.1) is 10.1 Å². The molecule has 0 amide bonds. The zero-order valence-electron chi connectivity index (χ0n) is 9.32. The molecule has 0 N–H and O–H groups in total. The molecule has 0 fully saturated rings. The number of carbonyl (C=O) groups is 2. The van der Waals surface area contributed by atoms with Gasteiger partial charge in [-0.3, -0.25) is 19.7 Å². The summed E-state index contributed by atoms with van der Waals surface area (Å²) in [5.41, 5.74) is 0.437. The first kappa shape index (κ1) is 11.9. The summed E-state index contributed by atoms with van der Waals surface area (Å²) in [7, 11) is 0. The van der Waals surface area contributed by atoms with E-state index in [1.807, 2.05) is 0 Å². The highest BCUT2D eigenvalue weighted by Gasteiger charge is 2.30. The zero-order chi connectivity index (χ0) is 13.3. The van der Waals surface area contributed by atoms with Gasteiger partial charge in [-0.15, -0.1) is 0 Å². The first-order valence-electron chi connectivity index (χ1n) is 5.02. The molecule has 1 aliphatic rings. The fourth-order valence-corrected chi connectivity index (χ4v) is 1.67. The number of rotatable bonds is 3. The Morgan fingerprint density at radius 3 is 2.89 bits per heavy atom. The topological polar surface area (TPSA) is 98.9 Å². The predicted molar refractivity (Wildman–Crippen MR) is 60.8 cm³/mol. The number of fused-ring (bicyclic) bond motifs is 1. The number of carbonyl (C=O) groups excluding carboxylic acids is 2. The first-order valence-corrected chi connectivity index (χ1v) is 5.02. The summed E-state index contributed by atoms with van der Waals surface area (Å²) < 4.78 is 5.15. The Bertz CT molecular complexity index is 579. The van der Waals surface area contributed by atoms with Crippen molar-refractivity contribution in [3.63, 3.8) is 0 Å². The lowest BCUT2D eigenvalue weighted by atomic mass is 10.0. The largest absolute Gasteiger partial charge is 0.464 e. The quantitative estimate of drug-likeness (QED) is 0.349. The van der Waals surface area contributed by atoms with E-state index in [2.05, 4.69) is 4.99 Å². The molecule has 1 aliphatic heterocycles. The summed E-state index contributed by atoms with van der Waals surface area (Å²) in [6.45, 7) is 1.54. The van der Waals surface area contributed by atoms with Crippen molar-refractivity contribution in [2.75, 3.05) is 0 Å². The lowest BCUT2D eigenvalue weighted by molar-refractivity contribution is -0.384. The number of non-ortho nitro benzene ring substituents is 1. The highest BCUT2D eigenvalue weighted by atomic mass is 16.6. The average molecular weight is 248 g/mol. The molecule has 7 nitrogen and oxygen atoms in total. The number of benzene rings is 1. The number of Topliss-reactive ketones (excluding diaryl/α,β-unsaturated/α-hetero) is 1. The monoisotopic (exact) mass is 248 g/mol. The van der Waals surface area contributed by atoms with Gasteiger partial charge in [0.1, 0.15) is 0 Å². The van der Waals surface area contributed by atoms with Crippen molar-refractivity contribution in [2.45, 2.75) is 13.0 Å². The molecule has 0 aliphatic carbocycles. The molecule has 1 aromatic carbocycles. The van der Waals surface area contributed by atoms with E-state index < -0.39 is 16.8 Å². The smallest absolute Gasteiger partial charge is 0.270 e. The Hall–Kier alpha value is -2.57. The Kier molecular flexibility index (Phi) is 2.88. The van der Waals surface area contributed by atoms with Gasteiger partial charge in [-0.05, 0) is 6.07 Å². The number of aldehydes is 1. The van der Waals surface area contributed by atoms with Crippen LogP contribution in [0.15, 0.2) is 23.2 Å². The predicted octanol–water partition coefficient (Wildman–Crippen LogP) is 1.48. The maximum atomic E-state index is 11.4. The Labute approximate surface area is 101 Å². The van der Waals surface area contributed by atoms with Crippen LogP contribution in [0.3, 0.4) is 0 Å². The van der Waals surface area contributed by atoms with E-state index in [4.69, 9.17) is 4.74 Å². The Morgan fingerprint density at radius 2 is 2.28 bits per heavy atom. The summed E-state index contributed by atoms with van der Waals surface area (Å²) >= 11 is 0. The number of ether oxygens (including phenoxy) is 1. The third-order valence-corrected chi connectivity index (χ3v) is 2.45. The summed E-state index contributed by atoms with van der Waals surface area (Å²) in [6, 6.07) is 3.89. The second-order valence-electron chi connectivity index (χ2n) is 3.65. The molecule has 0 spiro atoms. The number of nitrogens with zero attached hydrogens (tertiary/aromatic N) is 2. The van der Waals surface area contributed by atoms with Gasteiger partial charge in [-0.25, -0.2) is 4.99 Å². The lowest BCUT2D eigenvalue weighted by Crippen LogP contribution is -2.22. The molecule has 0 saturated heterocycles. The normalized spacial score (nSPS) is 17.2. The van der Waals surface area contributed by atoms with Gasteiger partial charge in [0.15, 0.2) is 18.3 Å². The third-order valence-electron chi connectivity index (χ3n) is 2.45. The van der Waals surface area contributed by atoms with E-state index in [0.717, 1.165) is 0 Å². The van der Waals surface area contributed by atoms with Crippen LogP contribution in [0.4, 0.5) is 11.4 Å². The van der Waals surface area contributed by atoms with Crippen molar-refractivity contribution in [2.24, 2.45) is 4.99 Å². The number of ketones is 1. The van der Waals surface area contributed by atoms with Crippen LogP contribution in [0.25, 0.3) is 0 Å². The first-order chi connectivity index (χ1) is 8.52. The number of nitro benzene ring substituents is 1. The SMILES string of the molecule is CC1=Nc2ccc([N+](=O)[O-])cc2C(C(=O)C=O)O1. The number of nitro groups is 1. The summed E-state index contributed by atoms with van der Waals surface area (Å²) in [5.74, 6) is -0.567. The van der Waals surface area contributed by atoms with Gasteiger partial charge in [0, 0.05) is 24.6 Å². The molecular weight excluding hydrogens is 240 g/mol. The maximum Gasteiger partial charge on any atom is 0.270 e. The second kappa shape index (κ2) is 4.36. The van der Waals surface area contributed by atoms with Crippen LogP contribution in [0.2, 0.25) is 0 Å². The Balaban J connectivity index is 2.56. The standard InChI is InChI=1S/C11H8N2O5/c1-6-12-9-3-2-7(13(16)17)4-8(9)11(18-6)10(15)5-14/h2-5,11H,1H3. The van der Waals surface area contributed by atoms with Gasteiger partial charge in [0.25, 0.3) is 5.69 Å². The minimum Gasteiger partial charge on any atom is -0.464 e. The van der Waals surface area contributed by atoms with Gasteiger partial charge in [0.05, 0.1) is 10.6 Å². The van der Waals surface area contributed by atoms with Crippen molar-refractivity contribution in [3.05, 3.63) is 33.9 Å². The molecule has 0 bridgehead atoms. The van der Waals surface area contributed by atoms with Crippen LogP contribution < -0.4 is 0 Å². The van der Waals surface area contributed by atoms with E-state index in [0.29, 0.717) is 5.69 Å². The van der Waals surface area contributed by atoms with Crippen molar-refractivity contribution >= 4 is 29.3 Å². The zero-order valence-corrected chi connectivity index (χ0v) is 9.32. The van der Waals surface area contributed by atoms with Crippen molar-refractivity contribution in [1.82, 2.24) is 0 Å². The van der Waals surface area contributed by atoms with E-state index in [-0.39, 0.29) is 23.4 Å². The number of hydrogen-bond acceptors (Lipinski definition) is 6. The molecule has 92 valence electrons. The molecule has 0 radical (unpaired) electrons. The molecule has 0 aromatic heterocycles. The highest BCUT2D eigenvalue weighted by Crippen LogP contribution is 2.35. The molecule has 1 atom stereocenters. The van der Waals surface area contributed by atoms with Gasteiger partial charge >= 0.3 is 0 Å². The number of aliphatic imine (C=N–C) groups is 1. The molecule has 1 aromatic rings. The van der Waals surface area contributed by atoms with Crippen LogP contribution in [-0.4, -0.2) is 22.9 Å². The van der Waals surface area contributed by atoms with Gasteiger partial charge in [0.2, 0.25) is 5.78 Å². The van der Waals surface area contributed by atoms with Crippen LogP contribution in [0.1, 0.15) is 18.6 Å². The molecule has 18 heavy (non-hydrogen) atoms.